The maximum Gasteiger partial charge on any atom is 0.245 e. The van der Waals surface area contributed by atoms with Crippen LogP contribution in [0.25, 0.3) is 0 Å². The number of nitrogens with one attached hydrogen (secondary N) is 1. The van der Waals surface area contributed by atoms with Crippen LogP contribution in [0.4, 0.5) is 5.69 Å². The van der Waals surface area contributed by atoms with Crippen LogP contribution in [0.1, 0.15) is 57.8 Å². The van der Waals surface area contributed by atoms with E-state index in [2.05, 4.69) is 5.32 Å². The summed E-state index contributed by atoms with van der Waals surface area (Å²) in [5.41, 5.74) is -0.145. The van der Waals surface area contributed by atoms with Crippen molar-refractivity contribution < 1.29 is 17.9 Å². The van der Waals surface area contributed by atoms with Crippen LogP contribution >= 0.6 is 11.6 Å². The normalized spacial score (nSPS) is 35.2. The van der Waals surface area contributed by atoms with E-state index in [0.29, 0.717) is 42.8 Å². The second kappa shape index (κ2) is 7.63. The minimum atomic E-state index is -3.73. The molecule has 1 heterocycles. The average molecular weight is 467 g/mol. The number of benzene rings is 1. The Labute approximate surface area is 189 Å². The fourth-order valence-electron chi connectivity index (χ4n) is 6.86. The van der Waals surface area contributed by atoms with Gasteiger partial charge in [0.15, 0.2) is 0 Å². The van der Waals surface area contributed by atoms with Gasteiger partial charge in [-0.2, -0.15) is 4.31 Å². The highest BCUT2D eigenvalue weighted by Gasteiger charge is 2.60. The number of hydrogen-bond acceptors (Lipinski definition) is 4. The number of hydrogen-bond donors (Lipinski definition) is 1. The summed E-state index contributed by atoms with van der Waals surface area (Å²) in [7, 11) is -2.21. The number of amides is 1. The number of carbonyl (C=O) groups excluding carboxylic acids is 1. The Morgan fingerprint density at radius 1 is 1.13 bits per heavy atom. The zero-order valence-corrected chi connectivity index (χ0v) is 19.6. The van der Waals surface area contributed by atoms with E-state index in [1.807, 2.05) is 0 Å². The van der Waals surface area contributed by atoms with Crippen LogP contribution in [0.3, 0.4) is 0 Å². The molecule has 0 unspecified atom stereocenters. The minimum absolute atomic E-state index is 0.0770. The molecule has 170 valence electrons. The number of alkyl halides is 1. The van der Waals surface area contributed by atoms with Gasteiger partial charge in [-0.3, -0.25) is 4.79 Å². The lowest BCUT2D eigenvalue weighted by Gasteiger charge is -2.59. The molecular formula is C23H31ClN2O4S. The summed E-state index contributed by atoms with van der Waals surface area (Å²) in [6.45, 7) is 1.02. The largest absolute Gasteiger partial charge is 0.497 e. The molecule has 1 amide bonds. The second-order valence-corrected chi connectivity index (χ2v) is 12.9. The molecule has 1 N–H and O–H groups in total. The monoisotopic (exact) mass is 466 g/mol. The van der Waals surface area contributed by atoms with Crippen molar-refractivity contribution in [2.24, 2.45) is 17.3 Å². The van der Waals surface area contributed by atoms with E-state index < -0.39 is 15.4 Å². The lowest BCUT2D eigenvalue weighted by atomic mass is 9.49. The molecule has 6 nitrogen and oxygen atoms in total. The molecule has 6 rings (SSSR count). The fourth-order valence-corrected chi connectivity index (χ4v) is 9.23. The third-order valence-electron chi connectivity index (χ3n) is 7.84. The summed E-state index contributed by atoms with van der Waals surface area (Å²) in [6, 6.07) is 4.89. The first-order chi connectivity index (χ1) is 14.7. The summed E-state index contributed by atoms with van der Waals surface area (Å²) < 4.78 is 33.7. The predicted octanol–water partition coefficient (Wildman–Crippen LogP) is 4.39. The highest BCUT2D eigenvalue weighted by Crippen LogP contribution is 2.64. The summed E-state index contributed by atoms with van der Waals surface area (Å²) in [6.07, 6.45) is 8.31. The quantitative estimate of drug-likeness (QED) is 0.653. The van der Waals surface area contributed by atoms with E-state index in [9.17, 15) is 13.2 Å². The van der Waals surface area contributed by atoms with Crippen molar-refractivity contribution >= 4 is 33.2 Å². The molecule has 8 heteroatoms. The standard InChI is InChI=1S/C23H31ClN2O4S/c1-30-18-5-6-19(20(10-18)31(28,29)26-7-3-2-4-8-26)25-21(27)22-11-16-9-17(12-22)14-23(24,13-16)15-22/h5-6,10,16-17H,2-4,7-9,11-15H2,1H3,(H,25,27)/t16-,17-,22?,23?/m1/s1. The number of anilines is 1. The summed E-state index contributed by atoms with van der Waals surface area (Å²) in [5.74, 6) is 1.38. The van der Waals surface area contributed by atoms with E-state index in [-0.39, 0.29) is 15.7 Å². The van der Waals surface area contributed by atoms with Crippen molar-refractivity contribution in [1.82, 2.24) is 4.31 Å². The van der Waals surface area contributed by atoms with Crippen molar-refractivity contribution in [3.05, 3.63) is 18.2 Å². The molecule has 1 aromatic carbocycles. The maximum absolute atomic E-state index is 13.6. The van der Waals surface area contributed by atoms with E-state index in [1.165, 1.54) is 23.9 Å². The Hall–Kier alpha value is -1.31. The Morgan fingerprint density at radius 3 is 2.42 bits per heavy atom. The van der Waals surface area contributed by atoms with Gasteiger partial charge in [-0.15, -0.1) is 11.6 Å². The molecular weight excluding hydrogens is 436 g/mol. The second-order valence-electron chi connectivity index (χ2n) is 10.2. The number of halogens is 1. The zero-order valence-electron chi connectivity index (χ0n) is 18.0. The van der Waals surface area contributed by atoms with Gasteiger partial charge >= 0.3 is 0 Å². The maximum atomic E-state index is 13.6. The zero-order chi connectivity index (χ0) is 21.9. The van der Waals surface area contributed by atoms with Gasteiger partial charge in [0, 0.05) is 24.0 Å². The molecule has 0 radical (unpaired) electrons. The predicted molar refractivity (Wildman–Crippen MR) is 120 cm³/mol. The van der Waals surface area contributed by atoms with Crippen LogP contribution < -0.4 is 10.1 Å². The molecule has 31 heavy (non-hydrogen) atoms. The molecule has 1 aromatic rings. The van der Waals surface area contributed by atoms with Crippen molar-refractivity contribution in [3.63, 3.8) is 0 Å². The first-order valence-corrected chi connectivity index (χ1v) is 13.2. The highest BCUT2D eigenvalue weighted by atomic mass is 35.5. The first kappa shape index (κ1) is 21.5. The van der Waals surface area contributed by atoms with Gasteiger partial charge in [-0.1, -0.05) is 6.42 Å². The van der Waals surface area contributed by atoms with Gasteiger partial charge in [-0.05, 0) is 75.3 Å². The van der Waals surface area contributed by atoms with E-state index in [4.69, 9.17) is 16.3 Å². The van der Waals surface area contributed by atoms with Gasteiger partial charge in [0.25, 0.3) is 0 Å². The average Bonchev–Trinajstić information content (AvgIpc) is 2.72. The molecule has 5 fully saturated rings. The third kappa shape index (κ3) is 3.76. The number of sulfonamides is 1. The topological polar surface area (TPSA) is 75.7 Å². The number of carbonyl (C=O) groups is 1. The molecule has 4 aliphatic carbocycles. The number of nitrogens with zero attached hydrogens (tertiary/aromatic N) is 1. The van der Waals surface area contributed by atoms with E-state index in [1.54, 1.807) is 12.1 Å². The molecule has 2 atom stereocenters. The van der Waals surface area contributed by atoms with Crippen molar-refractivity contribution in [3.8, 4) is 5.75 Å². The Morgan fingerprint density at radius 2 is 1.81 bits per heavy atom. The van der Waals surface area contributed by atoms with E-state index in [0.717, 1.165) is 44.9 Å². The van der Waals surface area contributed by atoms with Crippen LogP contribution in [0, 0.1) is 17.3 Å². The molecule has 0 spiro atoms. The summed E-state index contributed by atoms with van der Waals surface area (Å²) in [4.78, 5) is 13.5. The van der Waals surface area contributed by atoms with Crippen LogP contribution in [-0.2, 0) is 14.8 Å². The van der Waals surface area contributed by atoms with Crippen molar-refractivity contribution in [2.75, 3.05) is 25.5 Å². The molecule has 0 aromatic heterocycles. The van der Waals surface area contributed by atoms with E-state index >= 15 is 0 Å². The number of piperidine rings is 1. The smallest absolute Gasteiger partial charge is 0.245 e. The van der Waals surface area contributed by atoms with Gasteiger partial charge in [-0.25, -0.2) is 8.42 Å². The van der Waals surface area contributed by atoms with Crippen molar-refractivity contribution in [2.45, 2.75) is 67.6 Å². The van der Waals surface area contributed by atoms with Crippen LogP contribution in [0.15, 0.2) is 23.1 Å². The number of methoxy groups -OCH3 is 1. The summed E-state index contributed by atoms with van der Waals surface area (Å²) >= 11 is 6.91. The first-order valence-electron chi connectivity index (χ1n) is 11.4. The summed E-state index contributed by atoms with van der Waals surface area (Å²) in [5, 5.41) is 3.02. The molecule has 4 bridgehead atoms. The fraction of sp³-hybridized carbons (Fsp3) is 0.696. The van der Waals surface area contributed by atoms with Crippen molar-refractivity contribution in [1.29, 1.82) is 0 Å². The molecule has 1 saturated heterocycles. The number of ether oxygens (including phenoxy) is 1. The Kier molecular flexibility index (Phi) is 5.30. The van der Waals surface area contributed by atoms with Gasteiger partial charge in [0.1, 0.15) is 10.6 Å². The lowest BCUT2D eigenvalue weighted by molar-refractivity contribution is -0.138. The van der Waals surface area contributed by atoms with Crippen LogP contribution in [-0.4, -0.2) is 43.7 Å². The van der Waals surface area contributed by atoms with Gasteiger partial charge in [0.05, 0.1) is 18.2 Å². The van der Waals surface area contributed by atoms with Gasteiger partial charge < -0.3 is 10.1 Å². The molecule has 4 saturated carbocycles. The lowest BCUT2D eigenvalue weighted by Crippen LogP contribution is -2.57. The molecule has 5 aliphatic rings. The van der Waals surface area contributed by atoms with Crippen LogP contribution in [0.2, 0.25) is 0 Å². The Balaban J connectivity index is 1.46. The third-order valence-corrected chi connectivity index (χ3v) is 10.2. The number of rotatable bonds is 5. The Bertz CT molecular complexity index is 975. The highest BCUT2D eigenvalue weighted by molar-refractivity contribution is 7.89. The minimum Gasteiger partial charge on any atom is -0.497 e. The SMILES string of the molecule is COc1ccc(NC(=O)C23C[C@H]4C[C@@H](CC(Cl)(C4)C2)C3)c(S(=O)(=O)N2CCCCC2)c1. The van der Waals surface area contributed by atoms with Gasteiger partial charge in [0.2, 0.25) is 15.9 Å². The van der Waals surface area contributed by atoms with Crippen LogP contribution in [0.5, 0.6) is 5.75 Å². The molecule has 1 aliphatic heterocycles.